The van der Waals surface area contributed by atoms with E-state index in [9.17, 15) is 0 Å². The fourth-order valence-electron chi connectivity index (χ4n) is 0. The average molecular weight is 223 g/mol. The van der Waals surface area contributed by atoms with Crippen molar-refractivity contribution in [2.45, 2.75) is 0 Å². The first-order valence-corrected chi connectivity index (χ1v) is 3.91. The van der Waals surface area contributed by atoms with Crippen LogP contribution in [0.5, 0.6) is 0 Å². The van der Waals surface area contributed by atoms with Crippen molar-refractivity contribution in [1.29, 1.82) is 0 Å². The molecule has 0 aromatic heterocycles. The van der Waals surface area contributed by atoms with Gasteiger partial charge in [-0.2, -0.15) is 0 Å². The molecule has 0 aliphatic carbocycles. The Kier molecular flexibility index (Phi) is 21.1. The second kappa shape index (κ2) is 11.6. The molecule has 0 rings (SSSR count). The second-order valence-electron chi connectivity index (χ2n) is 0.565. The monoisotopic (exact) mass is 223 g/mol. The molecule has 9 heteroatoms. The van der Waals surface area contributed by atoms with E-state index in [0.717, 1.165) is 0 Å². The van der Waals surface area contributed by atoms with E-state index in [1.165, 1.54) is 0 Å². The molecule has 0 aliphatic rings. The number of rotatable bonds is 0. The molecule has 1 radical (unpaired) electrons. The molecule has 0 aliphatic heterocycles. The summed E-state index contributed by atoms with van der Waals surface area (Å²) in [5.74, 6) is 0. The van der Waals surface area contributed by atoms with Gasteiger partial charge in [-0.1, -0.05) is 0 Å². The van der Waals surface area contributed by atoms with E-state index in [2.05, 4.69) is 0 Å². The fraction of sp³-hybridized carbons (Fsp3) is 0. The quantitative estimate of drug-likeness (QED) is 0.380. The summed E-state index contributed by atoms with van der Waals surface area (Å²) in [6.07, 6.45) is 0. The summed E-state index contributed by atoms with van der Waals surface area (Å²) < 4.78 is 17.5. The predicted octanol–water partition coefficient (Wildman–Crippen LogP) is -1.28. The SMILES string of the molecule is O=[PH](O)O.O=[PH](O)O.[Co]. The maximum Gasteiger partial charge on any atom is 0.314 e. The Morgan fingerprint density at radius 1 is 0.778 bits per heavy atom. The standard InChI is InChI=1S/Co.2H3O3P/c;2*1-4(2)3/h;2*4H,(H2,1,2,3). The summed E-state index contributed by atoms with van der Waals surface area (Å²) in [7, 11) is -6.26. The first-order chi connectivity index (χ1) is 3.46. The van der Waals surface area contributed by atoms with Crippen LogP contribution in [0, 0.1) is 0 Å². The summed E-state index contributed by atoms with van der Waals surface area (Å²) in [4.78, 5) is 28.6. The molecule has 0 spiro atoms. The van der Waals surface area contributed by atoms with Crippen molar-refractivity contribution in [2.24, 2.45) is 0 Å². The second-order valence-corrected chi connectivity index (χ2v) is 1.70. The van der Waals surface area contributed by atoms with Gasteiger partial charge in [0, 0.05) is 16.8 Å². The Bertz CT molecular complexity index is 69.1. The summed E-state index contributed by atoms with van der Waals surface area (Å²) in [5.41, 5.74) is 0. The van der Waals surface area contributed by atoms with Crippen LogP contribution in [-0.2, 0) is 25.9 Å². The van der Waals surface area contributed by atoms with Crippen LogP contribution < -0.4 is 0 Å². The third-order valence-corrected chi connectivity index (χ3v) is 0. The van der Waals surface area contributed by atoms with Gasteiger partial charge in [0.05, 0.1) is 0 Å². The molecule has 0 bridgehead atoms. The van der Waals surface area contributed by atoms with Crippen LogP contribution in [0.25, 0.3) is 0 Å². The van der Waals surface area contributed by atoms with Crippen molar-refractivity contribution in [3.63, 3.8) is 0 Å². The van der Waals surface area contributed by atoms with E-state index in [-0.39, 0.29) is 16.8 Å². The van der Waals surface area contributed by atoms with Crippen LogP contribution in [0.2, 0.25) is 0 Å². The third kappa shape index (κ3) is 627. The molecule has 0 fully saturated rings. The Hall–Kier alpha value is 0.806. The van der Waals surface area contributed by atoms with Gasteiger partial charge in [-0.3, -0.25) is 9.13 Å². The predicted molar refractivity (Wildman–Crippen MR) is 26.9 cm³/mol. The maximum absolute atomic E-state index is 8.74. The van der Waals surface area contributed by atoms with Gasteiger partial charge in [0.25, 0.3) is 0 Å². The van der Waals surface area contributed by atoms with Gasteiger partial charge in [0.2, 0.25) is 0 Å². The summed E-state index contributed by atoms with van der Waals surface area (Å²) in [5, 5.41) is 0. The molecule has 0 unspecified atom stereocenters. The summed E-state index contributed by atoms with van der Waals surface area (Å²) in [6, 6.07) is 0. The zero-order chi connectivity index (χ0) is 7.15. The smallest absolute Gasteiger partial charge is 0.314 e. The van der Waals surface area contributed by atoms with Crippen molar-refractivity contribution in [3.8, 4) is 0 Å². The Labute approximate surface area is 62.6 Å². The van der Waals surface area contributed by atoms with E-state index in [4.69, 9.17) is 28.7 Å². The van der Waals surface area contributed by atoms with Gasteiger partial charge < -0.3 is 19.6 Å². The molecule has 0 heterocycles. The normalized spacial score (nSPS) is 7.78. The van der Waals surface area contributed by atoms with Crippen LogP contribution in [0.15, 0.2) is 0 Å². The van der Waals surface area contributed by atoms with E-state index in [0.29, 0.717) is 0 Å². The molecule has 4 N–H and O–H groups in total. The molecule has 0 amide bonds. The summed E-state index contributed by atoms with van der Waals surface area (Å²) in [6.45, 7) is 0. The van der Waals surface area contributed by atoms with Gasteiger partial charge >= 0.3 is 16.5 Å². The van der Waals surface area contributed by atoms with E-state index in [1.807, 2.05) is 0 Å². The number of hydrogen-bond acceptors (Lipinski definition) is 2. The largest absolute Gasteiger partial charge is 0.326 e. The van der Waals surface area contributed by atoms with Crippen LogP contribution in [0.3, 0.4) is 0 Å². The Morgan fingerprint density at radius 2 is 0.778 bits per heavy atom. The first-order valence-electron chi connectivity index (χ1n) is 1.30. The van der Waals surface area contributed by atoms with Gasteiger partial charge in [-0.15, -0.1) is 0 Å². The van der Waals surface area contributed by atoms with Crippen LogP contribution in [-0.4, -0.2) is 19.6 Å². The van der Waals surface area contributed by atoms with E-state index < -0.39 is 16.5 Å². The zero-order valence-electron chi connectivity index (χ0n) is 3.94. The molecule has 0 atom stereocenters. The van der Waals surface area contributed by atoms with Crippen molar-refractivity contribution >= 4 is 16.5 Å². The molecule has 61 valence electrons. The Balaban J connectivity index is -0.0000000720. The number of hydrogen-bond donors (Lipinski definition) is 4. The van der Waals surface area contributed by atoms with Gasteiger partial charge in [0.15, 0.2) is 0 Å². The van der Waals surface area contributed by atoms with Crippen LogP contribution in [0.4, 0.5) is 0 Å². The molecular formula is H6CoO6P2. The van der Waals surface area contributed by atoms with Crippen molar-refractivity contribution in [2.75, 3.05) is 0 Å². The molecule has 6 nitrogen and oxygen atoms in total. The van der Waals surface area contributed by atoms with Crippen molar-refractivity contribution in [1.82, 2.24) is 0 Å². The molecule has 0 saturated carbocycles. The van der Waals surface area contributed by atoms with E-state index >= 15 is 0 Å². The van der Waals surface area contributed by atoms with Gasteiger partial charge in [-0.05, 0) is 0 Å². The third-order valence-electron chi connectivity index (χ3n) is 0. The summed E-state index contributed by atoms with van der Waals surface area (Å²) >= 11 is 0. The molecule has 0 aromatic carbocycles. The van der Waals surface area contributed by atoms with Crippen LogP contribution in [0.1, 0.15) is 0 Å². The fourth-order valence-corrected chi connectivity index (χ4v) is 0. The first kappa shape index (κ1) is 16.4. The van der Waals surface area contributed by atoms with E-state index in [1.54, 1.807) is 0 Å². The average Bonchev–Trinajstić information content (AvgIpc) is 1.25. The zero-order valence-corrected chi connectivity index (χ0v) is 6.98. The molecule has 0 aromatic rings. The minimum absolute atomic E-state index is 0. The maximum atomic E-state index is 8.74. The minimum Gasteiger partial charge on any atom is -0.326 e. The molecule has 9 heavy (non-hydrogen) atoms. The van der Waals surface area contributed by atoms with Crippen LogP contribution >= 0.6 is 16.5 Å². The Morgan fingerprint density at radius 3 is 0.778 bits per heavy atom. The van der Waals surface area contributed by atoms with Crippen molar-refractivity contribution in [3.05, 3.63) is 0 Å². The minimum atomic E-state index is -3.13. The van der Waals surface area contributed by atoms with Gasteiger partial charge in [-0.25, -0.2) is 0 Å². The topological polar surface area (TPSA) is 115 Å². The van der Waals surface area contributed by atoms with Gasteiger partial charge in [0.1, 0.15) is 0 Å². The molecular weight excluding hydrogens is 217 g/mol. The van der Waals surface area contributed by atoms with Crippen molar-refractivity contribution < 1.29 is 45.5 Å². The molecule has 0 saturated heterocycles.